The van der Waals surface area contributed by atoms with E-state index in [2.05, 4.69) is 27.9 Å². The van der Waals surface area contributed by atoms with Crippen LogP contribution in [0.15, 0.2) is 0 Å². The van der Waals surface area contributed by atoms with Crippen molar-refractivity contribution in [2.75, 3.05) is 25.5 Å². The predicted molar refractivity (Wildman–Crippen MR) is 84.8 cm³/mol. The lowest BCUT2D eigenvalue weighted by molar-refractivity contribution is 0.00593. The summed E-state index contributed by atoms with van der Waals surface area (Å²) in [7, 11) is 2.20. The highest BCUT2D eigenvalue weighted by molar-refractivity contribution is 9.09. The molecular formula is C16H30BrNO. The Morgan fingerprint density at radius 1 is 0.895 bits per heavy atom. The van der Waals surface area contributed by atoms with Crippen LogP contribution in [0.3, 0.4) is 0 Å². The second kappa shape index (κ2) is 6.91. The van der Waals surface area contributed by atoms with Crippen LogP contribution < -0.4 is 0 Å². The molecule has 0 aliphatic heterocycles. The van der Waals surface area contributed by atoms with Crippen molar-refractivity contribution in [1.82, 2.24) is 4.90 Å². The SMILES string of the molecule is CN(CC1(O)CCCC1)CC1(CBr)CCCCCC1. The van der Waals surface area contributed by atoms with E-state index in [-0.39, 0.29) is 0 Å². The van der Waals surface area contributed by atoms with Gasteiger partial charge in [0.05, 0.1) is 5.60 Å². The Bertz CT molecular complexity index is 268. The molecule has 2 aliphatic carbocycles. The van der Waals surface area contributed by atoms with E-state index in [1.54, 1.807) is 0 Å². The summed E-state index contributed by atoms with van der Waals surface area (Å²) in [4.78, 5) is 2.40. The molecule has 1 N–H and O–H groups in total. The number of hydrogen-bond donors (Lipinski definition) is 1. The highest BCUT2D eigenvalue weighted by Gasteiger charge is 2.36. The zero-order valence-corrected chi connectivity index (χ0v) is 14.1. The maximum absolute atomic E-state index is 10.5. The third-order valence-electron chi connectivity index (χ3n) is 5.15. The van der Waals surface area contributed by atoms with E-state index in [9.17, 15) is 5.11 Å². The lowest BCUT2D eigenvalue weighted by Crippen LogP contribution is -2.44. The van der Waals surface area contributed by atoms with Crippen molar-refractivity contribution in [3.63, 3.8) is 0 Å². The molecule has 0 spiro atoms. The molecule has 112 valence electrons. The molecule has 0 heterocycles. The maximum atomic E-state index is 10.5. The van der Waals surface area contributed by atoms with Crippen LogP contribution in [0.5, 0.6) is 0 Å². The van der Waals surface area contributed by atoms with E-state index < -0.39 is 5.60 Å². The van der Waals surface area contributed by atoms with Crippen LogP contribution in [-0.2, 0) is 0 Å². The number of aliphatic hydroxyl groups is 1. The van der Waals surface area contributed by atoms with Gasteiger partial charge in [-0.1, -0.05) is 54.5 Å². The molecule has 0 aromatic rings. The molecule has 0 aromatic heterocycles. The first-order valence-electron chi connectivity index (χ1n) is 8.05. The van der Waals surface area contributed by atoms with Crippen molar-refractivity contribution < 1.29 is 5.11 Å². The Labute approximate surface area is 127 Å². The molecule has 0 bridgehead atoms. The predicted octanol–water partition coefficient (Wildman–Crippen LogP) is 3.96. The largest absolute Gasteiger partial charge is 0.389 e. The van der Waals surface area contributed by atoms with Gasteiger partial charge in [-0.25, -0.2) is 0 Å². The number of nitrogens with zero attached hydrogens (tertiary/aromatic N) is 1. The van der Waals surface area contributed by atoms with E-state index in [4.69, 9.17) is 0 Å². The van der Waals surface area contributed by atoms with Crippen LogP contribution in [0, 0.1) is 5.41 Å². The summed E-state index contributed by atoms with van der Waals surface area (Å²) in [6.07, 6.45) is 12.7. The lowest BCUT2D eigenvalue weighted by atomic mass is 9.81. The second-order valence-electron chi connectivity index (χ2n) is 7.15. The molecule has 2 fully saturated rings. The van der Waals surface area contributed by atoms with Crippen LogP contribution in [-0.4, -0.2) is 41.1 Å². The first-order valence-corrected chi connectivity index (χ1v) is 9.17. The number of rotatable bonds is 5. The average molecular weight is 332 g/mol. The highest BCUT2D eigenvalue weighted by atomic mass is 79.9. The van der Waals surface area contributed by atoms with Crippen molar-refractivity contribution in [2.24, 2.45) is 5.41 Å². The van der Waals surface area contributed by atoms with Crippen molar-refractivity contribution in [2.45, 2.75) is 69.8 Å². The Kier molecular flexibility index (Phi) is 5.74. The molecule has 0 amide bonds. The fourth-order valence-electron chi connectivity index (χ4n) is 4.13. The van der Waals surface area contributed by atoms with Crippen molar-refractivity contribution in [3.05, 3.63) is 0 Å². The van der Waals surface area contributed by atoms with Gasteiger partial charge in [-0.05, 0) is 38.1 Å². The van der Waals surface area contributed by atoms with Gasteiger partial charge >= 0.3 is 0 Å². The minimum Gasteiger partial charge on any atom is -0.389 e. The zero-order chi connectivity index (χ0) is 13.8. The van der Waals surface area contributed by atoms with E-state index in [1.807, 2.05) is 0 Å². The summed E-state index contributed by atoms with van der Waals surface area (Å²) < 4.78 is 0. The normalized spacial score (nSPS) is 26.5. The standard InChI is InChI=1S/C16H30BrNO/c1-18(14-16(19)10-6-7-11-16)13-15(12-17)8-4-2-3-5-9-15/h19H,2-14H2,1H3. The van der Waals surface area contributed by atoms with E-state index >= 15 is 0 Å². The molecule has 2 nitrogen and oxygen atoms in total. The van der Waals surface area contributed by atoms with Gasteiger partial charge in [-0.2, -0.15) is 0 Å². The van der Waals surface area contributed by atoms with Crippen molar-refractivity contribution in [1.29, 1.82) is 0 Å². The molecule has 2 aliphatic rings. The van der Waals surface area contributed by atoms with E-state index in [0.29, 0.717) is 5.41 Å². The summed E-state index contributed by atoms with van der Waals surface area (Å²) in [5.41, 5.74) is 0.0488. The molecule has 2 rings (SSSR count). The minimum absolute atomic E-state index is 0.396. The number of likely N-dealkylation sites (N-methyl/N-ethyl adjacent to an activating group) is 1. The molecule has 0 saturated heterocycles. The van der Waals surface area contributed by atoms with Gasteiger partial charge in [0.25, 0.3) is 0 Å². The summed E-state index contributed by atoms with van der Waals surface area (Å²) in [6, 6.07) is 0. The van der Waals surface area contributed by atoms with Crippen LogP contribution in [0.1, 0.15) is 64.2 Å². The van der Waals surface area contributed by atoms with Crippen LogP contribution in [0.2, 0.25) is 0 Å². The first kappa shape index (κ1) is 15.8. The maximum Gasteiger partial charge on any atom is 0.0774 e. The van der Waals surface area contributed by atoms with Crippen LogP contribution >= 0.6 is 15.9 Å². The van der Waals surface area contributed by atoms with Gasteiger partial charge in [0.2, 0.25) is 0 Å². The molecule has 3 heteroatoms. The van der Waals surface area contributed by atoms with Gasteiger partial charge in [0.15, 0.2) is 0 Å². The zero-order valence-electron chi connectivity index (χ0n) is 12.5. The van der Waals surface area contributed by atoms with Crippen molar-refractivity contribution in [3.8, 4) is 0 Å². The molecule has 0 aromatic carbocycles. The second-order valence-corrected chi connectivity index (χ2v) is 7.71. The van der Waals surface area contributed by atoms with Gasteiger partial charge in [-0.3, -0.25) is 0 Å². The molecule has 2 saturated carbocycles. The van der Waals surface area contributed by atoms with E-state index in [1.165, 1.54) is 51.4 Å². The van der Waals surface area contributed by atoms with Gasteiger partial charge in [0.1, 0.15) is 0 Å². The quantitative estimate of drug-likeness (QED) is 0.608. The summed E-state index contributed by atoms with van der Waals surface area (Å²) >= 11 is 3.77. The van der Waals surface area contributed by atoms with Gasteiger partial charge in [0, 0.05) is 18.4 Å². The fraction of sp³-hybridized carbons (Fsp3) is 1.00. The van der Waals surface area contributed by atoms with Gasteiger partial charge in [-0.15, -0.1) is 0 Å². The Balaban J connectivity index is 1.89. The fourth-order valence-corrected chi connectivity index (χ4v) is 4.87. The Morgan fingerprint density at radius 3 is 1.95 bits per heavy atom. The topological polar surface area (TPSA) is 23.5 Å². The third kappa shape index (κ3) is 4.44. The van der Waals surface area contributed by atoms with Gasteiger partial charge < -0.3 is 10.0 Å². The molecule has 0 unspecified atom stereocenters. The third-order valence-corrected chi connectivity index (χ3v) is 6.34. The molecule has 0 atom stereocenters. The highest BCUT2D eigenvalue weighted by Crippen LogP contribution is 2.38. The molecule has 0 radical (unpaired) electrons. The minimum atomic E-state index is -0.396. The van der Waals surface area contributed by atoms with Crippen molar-refractivity contribution >= 4 is 15.9 Å². The Morgan fingerprint density at radius 2 is 1.42 bits per heavy atom. The monoisotopic (exact) mass is 331 g/mol. The van der Waals surface area contributed by atoms with Crippen LogP contribution in [0.4, 0.5) is 0 Å². The molecule has 19 heavy (non-hydrogen) atoms. The first-order chi connectivity index (χ1) is 9.08. The summed E-state index contributed by atoms with van der Waals surface area (Å²) in [5.74, 6) is 0. The average Bonchev–Trinajstić information content (AvgIpc) is 2.65. The number of halogens is 1. The van der Waals surface area contributed by atoms with E-state index in [0.717, 1.165) is 31.3 Å². The summed E-state index contributed by atoms with van der Waals surface area (Å²) in [5, 5.41) is 11.7. The summed E-state index contributed by atoms with van der Waals surface area (Å²) in [6.45, 7) is 2.00. The van der Waals surface area contributed by atoms with Crippen LogP contribution in [0.25, 0.3) is 0 Å². The number of hydrogen-bond acceptors (Lipinski definition) is 2. The molecular weight excluding hydrogens is 302 g/mol. The number of alkyl halides is 1. The lowest BCUT2D eigenvalue weighted by Gasteiger charge is -2.38. The smallest absolute Gasteiger partial charge is 0.0774 e. The Hall–Kier alpha value is 0.400.